The topological polar surface area (TPSA) is 34.2 Å². The van der Waals surface area contributed by atoms with Gasteiger partial charge in [-0.3, -0.25) is 4.98 Å². The molecule has 0 fully saturated rings. The molecule has 0 atom stereocenters. The average Bonchev–Trinajstić information content (AvgIpc) is 2.46. The van der Waals surface area contributed by atoms with Crippen molar-refractivity contribution in [1.29, 1.82) is 0 Å². The molecule has 0 aliphatic heterocycles. The molecule has 0 amide bonds. The lowest BCUT2D eigenvalue weighted by Gasteiger charge is -2.20. The smallest absolute Gasteiger partial charge is 0.150 e. The van der Waals surface area contributed by atoms with Crippen molar-refractivity contribution < 1.29 is 4.74 Å². The summed E-state index contributed by atoms with van der Waals surface area (Å²) in [5.74, 6) is 1.66. The number of benzene rings is 1. The second-order valence-electron chi connectivity index (χ2n) is 6.14. The number of ether oxygens (including phenoxy) is 1. The van der Waals surface area contributed by atoms with Gasteiger partial charge in [0.15, 0.2) is 0 Å². The minimum absolute atomic E-state index is 0.112. The predicted molar refractivity (Wildman–Crippen MR) is 86.8 cm³/mol. The third-order valence-corrected chi connectivity index (χ3v) is 3.36. The standard InChI is InChI=1S/C18H24N2O/c1-5-19-12-14-9-10-20-13-17(14)21-16-8-6-7-15(11-16)18(2,3)4/h6-11,13,19H,5,12H2,1-4H3. The van der Waals surface area contributed by atoms with E-state index in [1.54, 1.807) is 12.4 Å². The molecule has 1 aromatic carbocycles. The third kappa shape index (κ3) is 4.30. The van der Waals surface area contributed by atoms with Crippen LogP contribution in [0, 0.1) is 0 Å². The van der Waals surface area contributed by atoms with Crippen LogP contribution in [0.25, 0.3) is 0 Å². The van der Waals surface area contributed by atoms with Crippen LogP contribution in [-0.4, -0.2) is 11.5 Å². The molecule has 0 aliphatic rings. The summed E-state index contributed by atoms with van der Waals surface area (Å²) in [7, 11) is 0. The Labute approximate surface area is 127 Å². The summed E-state index contributed by atoms with van der Waals surface area (Å²) < 4.78 is 6.04. The van der Waals surface area contributed by atoms with E-state index in [9.17, 15) is 0 Å². The molecular formula is C18H24N2O. The van der Waals surface area contributed by atoms with Crippen molar-refractivity contribution in [2.75, 3.05) is 6.54 Å². The highest BCUT2D eigenvalue weighted by molar-refractivity contribution is 5.38. The molecular weight excluding hydrogens is 260 g/mol. The lowest BCUT2D eigenvalue weighted by Crippen LogP contribution is -2.12. The molecule has 0 radical (unpaired) electrons. The van der Waals surface area contributed by atoms with Gasteiger partial charge in [-0.15, -0.1) is 0 Å². The maximum absolute atomic E-state index is 6.04. The highest BCUT2D eigenvalue weighted by Gasteiger charge is 2.14. The van der Waals surface area contributed by atoms with Crippen LogP contribution < -0.4 is 10.1 Å². The first-order valence-electron chi connectivity index (χ1n) is 7.42. The maximum atomic E-state index is 6.04. The number of aromatic nitrogens is 1. The molecule has 1 heterocycles. The van der Waals surface area contributed by atoms with Crippen LogP contribution in [0.4, 0.5) is 0 Å². The van der Waals surface area contributed by atoms with Crippen molar-refractivity contribution in [3.05, 3.63) is 53.9 Å². The fourth-order valence-electron chi connectivity index (χ4n) is 2.06. The highest BCUT2D eigenvalue weighted by atomic mass is 16.5. The number of hydrogen-bond donors (Lipinski definition) is 1. The monoisotopic (exact) mass is 284 g/mol. The highest BCUT2D eigenvalue weighted by Crippen LogP contribution is 2.29. The fourth-order valence-corrected chi connectivity index (χ4v) is 2.06. The first kappa shape index (κ1) is 15.5. The Morgan fingerprint density at radius 3 is 2.71 bits per heavy atom. The maximum Gasteiger partial charge on any atom is 0.150 e. The molecule has 21 heavy (non-hydrogen) atoms. The number of hydrogen-bond acceptors (Lipinski definition) is 3. The molecule has 2 rings (SSSR count). The van der Waals surface area contributed by atoms with Crippen molar-refractivity contribution in [1.82, 2.24) is 10.3 Å². The number of pyridine rings is 1. The minimum Gasteiger partial charge on any atom is -0.455 e. The number of rotatable bonds is 5. The fraction of sp³-hybridized carbons (Fsp3) is 0.389. The van der Waals surface area contributed by atoms with Crippen molar-refractivity contribution >= 4 is 0 Å². The van der Waals surface area contributed by atoms with E-state index in [2.05, 4.69) is 50.1 Å². The van der Waals surface area contributed by atoms with Gasteiger partial charge in [0.1, 0.15) is 11.5 Å². The van der Waals surface area contributed by atoms with Crippen LogP contribution in [0.5, 0.6) is 11.5 Å². The zero-order chi connectivity index (χ0) is 15.3. The molecule has 3 nitrogen and oxygen atoms in total. The van der Waals surface area contributed by atoms with E-state index in [1.165, 1.54) is 5.56 Å². The summed E-state index contributed by atoms with van der Waals surface area (Å²) in [6.45, 7) is 10.4. The molecule has 0 saturated carbocycles. The molecule has 3 heteroatoms. The van der Waals surface area contributed by atoms with E-state index < -0.39 is 0 Å². The Morgan fingerprint density at radius 2 is 2.00 bits per heavy atom. The number of nitrogens with one attached hydrogen (secondary N) is 1. The van der Waals surface area contributed by atoms with Crippen LogP contribution in [-0.2, 0) is 12.0 Å². The van der Waals surface area contributed by atoms with Gasteiger partial charge in [0, 0.05) is 18.3 Å². The van der Waals surface area contributed by atoms with Crippen LogP contribution in [0.1, 0.15) is 38.8 Å². The minimum atomic E-state index is 0.112. The van der Waals surface area contributed by atoms with Gasteiger partial charge in [0.2, 0.25) is 0 Å². The summed E-state index contributed by atoms with van der Waals surface area (Å²) >= 11 is 0. The summed E-state index contributed by atoms with van der Waals surface area (Å²) in [4.78, 5) is 4.17. The lowest BCUT2D eigenvalue weighted by atomic mass is 9.87. The molecule has 0 aliphatic carbocycles. The molecule has 2 aromatic rings. The van der Waals surface area contributed by atoms with E-state index in [1.807, 2.05) is 18.2 Å². The Balaban J connectivity index is 2.22. The number of nitrogens with zero attached hydrogens (tertiary/aromatic N) is 1. The molecule has 112 valence electrons. The average molecular weight is 284 g/mol. The van der Waals surface area contributed by atoms with Gasteiger partial charge in [-0.1, -0.05) is 39.8 Å². The Bertz CT molecular complexity index is 588. The van der Waals surface area contributed by atoms with Crippen molar-refractivity contribution in [2.45, 2.75) is 39.7 Å². The van der Waals surface area contributed by atoms with Crippen LogP contribution in [0.15, 0.2) is 42.7 Å². The van der Waals surface area contributed by atoms with Gasteiger partial charge in [-0.25, -0.2) is 0 Å². The lowest BCUT2D eigenvalue weighted by molar-refractivity contribution is 0.467. The van der Waals surface area contributed by atoms with Gasteiger partial charge >= 0.3 is 0 Å². The third-order valence-electron chi connectivity index (χ3n) is 3.36. The van der Waals surface area contributed by atoms with E-state index in [-0.39, 0.29) is 5.41 Å². The zero-order valence-electron chi connectivity index (χ0n) is 13.3. The largest absolute Gasteiger partial charge is 0.455 e. The molecule has 0 unspecified atom stereocenters. The van der Waals surface area contributed by atoms with Gasteiger partial charge in [-0.05, 0) is 35.7 Å². The van der Waals surface area contributed by atoms with Gasteiger partial charge in [0.05, 0.1) is 6.20 Å². The Kier molecular flexibility index (Phi) is 4.97. The zero-order valence-corrected chi connectivity index (χ0v) is 13.3. The molecule has 0 bridgehead atoms. The Morgan fingerprint density at radius 1 is 1.19 bits per heavy atom. The Hall–Kier alpha value is -1.87. The molecule has 0 saturated heterocycles. The summed E-state index contributed by atoms with van der Waals surface area (Å²) in [5, 5.41) is 3.32. The van der Waals surface area contributed by atoms with E-state index in [4.69, 9.17) is 4.74 Å². The summed E-state index contributed by atoms with van der Waals surface area (Å²) in [5.41, 5.74) is 2.49. The van der Waals surface area contributed by atoms with Gasteiger partial charge in [-0.2, -0.15) is 0 Å². The van der Waals surface area contributed by atoms with Crippen molar-refractivity contribution in [3.8, 4) is 11.5 Å². The van der Waals surface area contributed by atoms with Gasteiger partial charge in [0.25, 0.3) is 0 Å². The van der Waals surface area contributed by atoms with Crippen LogP contribution in [0.3, 0.4) is 0 Å². The predicted octanol–water partition coefficient (Wildman–Crippen LogP) is 4.28. The molecule has 1 aromatic heterocycles. The van der Waals surface area contributed by atoms with E-state index >= 15 is 0 Å². The quantitative estimate of drug-likeness (QED) is 0.889. The van der Waals surface area contributed by atoms with Crippen molar-refractivity contribution in [3.63, 3.8) is 0 Å². The SMILES string of the molecule is CCNCc1ccncc1Oc1cccc(C(C)(C)C)c1. The van der Waals surface area contributed by atoms with Crippen LogP contribution >= 0.6 is 0 Å². The van der Waals surface area contributed by atoms with Gasteiger partial charge < -0.3 is 10.1 Å². The van der Waals surface area contributed by atoms with E-state index in [0.29, 0.717) is 0 Å². The second kappa shape index (κ2) is 6.72. The normalized spacial score (nSPS) is 11.4. The first-order valence-corrected chi connectivity index (χ1v) is 7.42. The summed E-state index contributed by atoms with van der Waals surface area (Å²) in [6, 6.07) is 10.3. The first-order chi connectivity index (χ1) is 10.0. The molecule has 1 N–H and O–H groups in total. The molecule has 0 spiro atoms. The van der Waals surface area contributed by atoms with Crippen LogP contribution in [0.2, 0.25) is 0 Å². The van der Waals surface area contributed by atoms with Crippen molar-refractivity contribution in [2.24, 2.45) is 0 Å². The van der Waals surface area contributed by atoms with E-state index in [0.717, 1.165) is 30.2 Å². The summed E-state index contributed by atoms with van der Waals surface area (Å²) in [6.07, 6.45) is 3.57. The second-order valence-corrected chi connectivity index (χ2v) is 6.14.